The van der Waals surface area contributed by atoms with Crippen LogP contribution in [0.1, 0.15) is 115 Å². The minimum absolute atomic E-state index is 0.310. The Hall–Kier alpha value is 0.0600. The zero-order valence-electron chi connectivity index (χ0n) is 26.5. The number of nitrogens with zero attached hydrogens (tertiary/aromatic N) is 1. The molecule has 1 rings (SSSR count). The van der Waals surface area contributed by atoms with Crippen LogP contribution in [0.2, 0.25) is 0 Å². The van der Waals surface area contributed by atoms with Crippen molar-refractivity contribution < 1.29 is 18.4 Å². The van der Waals surface area contributed by atoms with E-state index in [1.54, 1.807) is 0 Å². The summed E-state index contributed by atoms with van der Waals surface area (Å²) in [5, 5.41) is 0. The molecule has 0 amide bonds. The van der Waals surface area contributed by atoms with Crippen molar-refractivity contribution in [3.05, 3.63) is 35.9 Å². The Morgan fingerprint density at radius 2 is 1.27 bits per heavy atom. The molecule has 1 aromatic rings. The van der Waals surface area contributed by atoms with E-state index in [2.05, 4.69) is 58.4 Å². The van der Waals surface area contributed by atoms with Crippen molar-refractivity contribution in [2.75, 3.05) is 52.4 Å². The first-order valence-corrected chi connectivity index (χ1v) is 20.0. The van der Waals surface area contributed by atoms with Crippen LogP contribution >= 0.6 is 18.5 Å². The number of quaternary nitrogens is 1. The second kappa shape index (κ2) is 24.5. The maximum Gasteiger partial charge on any atom is 0.324 e. The smallest absolute Gasteiger partial charge is 0.324 e. The summed E-state index contributed by atoms with van der Waals surface area (Å²) in [5.41, 5.74) is 1.30. The van der Waals surface area contributed by atoms with Crippen molar-refractivity contribution in [2.45, 2.75) is 116 Å². The normalized spacial score (nSPS) is 14.3. The molecule has 0 saturated heterocycles. The molecule has 0 aliphatic heterocycles. The van der Waals surface area contributed by atoms with E-state index >= 15 is 0 Å². The monoisotopic (exact) mass is 616 g/mol. The van der Waals surface area contributed by atoms with Crippen LogP contribution < -0.4 is 0 Å². The Balaban J connectivity index is 2.12. The van der Waals surface area contributed by atoms with E-state index < -0.39 is 6.72 Å². The third kappa shape index (κ3) is 24.6. The zero-order chi connectivity index (χ0) is 29.4. The van der Waals surface area contributed by atoms with Crippen LogP contribution in [0.5, 0.6) is 0 Å². The average Bonchev–Trinajstić information content (AvgIpc) is 2.90. The lowest BCUT2D eigenvalue weighted by molar-refractivity contribution is -0.870. The first kappa shape index (κ1) is 38.1. The molecule has 1 N–H and O–H groups in total. The van der Waals surface area contributed by atoms with Crippen molar-refractivity contribution in [1.29, 1.82) is 0 Å². The third-order valence-corrected chi connectivity index (χ3v) is 10.3. The molecule has 0 saturated carbocycles. The molecule has 0 fully saturated rings. The molecule has 0 aliphatic rings. The molecule has 0 aliphatic carbocycles. The summed E-state index contributed by atoms with van der Waals surface area (Å²) in [7, 11) is 6.28. The lowest BCUT2D eigenvalue weighted by Gasteiger charge is -2.25. The summed E-state index contributed by atoms with van der Waals surface area (Å²) in [6.45, 7) is 0.727. The van der Waals surface area contributed by atoms with E-state index in [0.29, 0.717) is 19.1 Å². The fraction of sp³-hybridized carbons (Fsp3) is 0.818. The molecule has 0 heterocycles. The summed E-state index contributed by atoms with van der Waals surface area (Å²) in [6, 6.07) is 10.6. The molecule has 1 aromatic carbocycles. The maximum absolute atomic E-state index is 10.5. The van der Waals surface area contributed by atoms with Gasteiger partial charge in [0.05, 0.1) is 27.7 Å². The highest BCUT2D eigenvalue weighted by Crippen LogP contribution is 2.44. The Morgan fingerprint density at radius 3 is 1.77 bits per heavy atom. The van der Waals surface area contributed by atoms with Crippen LogP contribution in [-0.2, 0) is 27.3 Å². The SMILES string of the molecule is CCCCCCCCCCCCCCCCCCSC[C@H](COP(O)(=S)OCC[N+](C)(C)C)Cc1ccccc1. The second-order valence-electron chi connectivity index (χ2n) is 12.5. The van der Waals surface area contributed by atoms with E-state index in [1.807, 2.05) is 11.8 Å². The lowest BCUT2D eigenvalue weighted by atomic mass is 10.0. The van der Waals surface area contributed by atoms with Crippen molar-refractivity contribution in [2.24, 2.45) is 5.92 Å². The largest absolute Gasteiger partial charge is 0.329 e. The minimum Gasteiger partial charge on any atom is -0.329 e. The van der Waals surface area contributed by atoms with Gasteiger partial charge in [0.15, 0.2) is 0 Å². The molecule has 7 heteroatoms. The summed E-state index contributed by atoms with van der Waals surface area (Å²) in [5.74, 6) is 2.52. The van der Waals surface area contributed by atoms with Gasteiger partial charge in [0.1, 0.15) is 13.2 Å². The van der Waals surface area contributed by atoms with Gasteiger partial charge < -0.3 is 18.4 Å². The van der Waals surface area contributed by atoms with Gasteiger partial charge in [-0.05, 0) is 47.6 Å². The molecule has 0 radical (unpaired) electrons. The van der Waals surface area contributed by atoms with Crippen LogP contribution in [0.3, 0.4) is 0 Å². The molecular formula is C33H63NO3PS2+. The molecule has 0 bridgehead atoms. The van der Waals surface area contributed by atoms with Crippen LogP contribution in [0.4, 0.5) is 0 Å². The fourth-order valence-electron chi connectivity index (χ4n) is 4.78. The van der Waals surface area contributed by atoms with Crippen LogP contribution in [0.25, 0.3) is 0 Å². The summed E-state index contributed by atoms with van der Waals surface area (Å²) in [6.07, 6.45) is 23.4. The number of thioether (sulfide) groups is 1. The van der Waals surface area contributed by atoms with Crippen molar-refractivity contribution >= 4 is 30.3 Å². The number of unbranched alkanes of at least 4 members (excludes halogenated alkanes) is 15. The van der Waals surface area contributed by atoms with Gasteiger partial charge >= 0.3 is 6.72 Å². The number of likely N-dealkylation sites (N-methyl/N-ethyl adjacent to an activating group) is 1. The van der Waals surface area contributed by atoms with Gasteiger partial charge in [0.2, 0.25) is 0 Å². The first-order valence-electron chi connectivity index (χ1n) is 16.3. The van der Waals surface area contributed by atoms with Gasteiger partial charge in [-0.25, -0.2) is 0 Å². The predicted molar refractivity (Wildman–Crippen MR) is 182 cm³/mol. The number of benzene rings is 1. The third-order valence-electron chi connectivity index (χ3n) is 7.35. The van der Waals surface area contributed by atoms with Gasteiger partial charge in [0.25, 0.3) is 0 Å². The van der Waals surface area contributed by atoms with Crippen LogP contribution in [0.15, 0.2) is 30.3 Å². The van der Waals surface area contributed by atoms with Gasteiger partial charge in [-0.3, -0.25) is 0 Å². The van der Waals surface area contributed by atoms with E-state index in [4.69, 9.17) is 20.9 Å². The molecule has 4 nitrogen and oxygen atoms in total. The van der Waals surface area contributed by atoms with E-state index in [1.165, 1.54) is 114 Å². The minimum atomic E-state index is -3.20. The molecule has 0 aromatic heterocycles. The van der Waals surface area contributed by atoms with E-state index in [-0.39, 0.29) is 0 Å². The fourth-order valence-corrected chi connectivity index (χ4v) is 7.10. The quantitative estimate of drug-likeness (QED) is 0.0576. The van der Waals surface area contributed by atoms with Crippen molar-refractivity contribution in [1.82, 2.24) is 0 Å². The van der Waals surface area contributed by atoms with Crippen LogP contribution in [-0.4, -0.2) is 61.8 Å². The van der Waals surface area contributed by atoms with Crippen molar-refractivity contribution in [3.63, 3.8) is 0 Å². The van der Waals surface area contributed by atoms with E-state index in [0.717, 1.165) is 23.2 Å². The predicted octanol–water partition coefficient (Wildman–Crippen LogP) is 9.80. The lowest BCUT2D eigenvalue weighted by Crippen LogP contribution is -2.37. The molecule has 0 spiro atoms. The second-order valence-corrected chi connectivity index (χ2v) is 16.5. The molecular weight excluding hydrogens is 553 g/mol. The maximum atomic E-state index is 10.5. The van der Waals surface area contributed by atoms with Gasteiger partial charge in [-0.2, -0.15) is 11.8 Å². The molecule has 1 unspecified atom stereocenters. The number of hydrogen-bond acceptors (Lipinski definition) is 4. The van der Waals surface area contributed by atoms with Gasteiger partial charge in [-0.15, -0.1) is 0 Å². The molecule has 234 valence electrons. The Kier molecular flexibility index (Phi) is 23.3. The summed E-state index contributed by atoms with van der Waals surface area (Å²) >= 11 is 7.30. The highest BCUT2D eigenvalue weighted by Gasteiger charge is 2.20. The highest BCUT2D eigenvalue weighted by molar-refractivity contribution is 8.07. The van der Waals surface area contributed by atoms with Crippen LogP contribution in [0, 0.1) is 5.92 Å². The van der Waals surface area contributed by atoms with Gasteiger partial charge in [-0.1, -0.05) is 134 Å². The summed E-state index contributed by atoms with van der Waals surface area (Å²) in [4.78, 5) is 10.5. The van der Waals surface area contributed by atoms with Gasteiger partial charge in [0, 0.05) is 0 Å². The zero-order valence-corrected chi connectivity index (χ0v) is 29.0. The Labute approximate surface area is 258 Å². The van der Waals surface area contributed by atoms with E-state index in [9.17, 15) is 4.89 Å². The van der Waals surface area contributed by atoms with Crippen molar-refractivity contribution in [3.8, 4) is 0 Å². The average molecular weight is 617 g/mol. The number of hydrogen-bond donors (Lipinski definition) is 1. The topological polar surface area (TPSA) is 38.7 Å². The molecule has 2 atom stereocenters. The highest BCUT2D eigenvalue weighted by atomic mass is 32.5. The number of rotatable bonds is 28. The molecule has 40 heavy (non-hydrogen) atoms. The Morgan fingerprint density at radius 1 is 0.775 bits per heavy atom. The first-order chi connectivity index (χ1) is 19.2. The summed E-state index contributed by atoms with van der Waals surface area (Å²) < 4.78 is 12.2. The Bertz CT molecular complexity index is 745. The standard InChI is InChI=1S/C33H62NO3PS2/c1-5-6-7-8-9-10-11-12-13-14-15-16-17-18-19-23-28-40-31-33(29-32-24-21-20-22-25-32)30-37-38(35,39)36-27-26-34(2,3)4/h20-22,24-25,33H,5-19,23,26-31H2,1-4H3/p+1/t33-,38?/m0/s1.